The Bertz CT molecular complexity index is 579. The van der Waals surface area contributed by atoms with Crippen LogP contribution in [0.2, 0.25) is 0 Å². The molecule has 1 aromatic carbocycles. The fourth-order valence-electron chi connectivity index (χ4n) is 1.70. The lowest BCUT2D eigenvalue weighted by atomic mass is 10.1. The van der Waals surface area contributed by atoms with Gasteiger partial charge in [0.1, 0.15) is 0 Å². The molecule has 0 radical (unpaired) electrons. The number of hydrogen-bond donors (Lipinski definition) is 1. The largest absolute Gasteiger partial charge is 0.321 e. The molecule has 0 bridgehead atoms. The van der Waals surface area contributed by atoms with E-state index in [1.165, 1.54) is 32.9 Å². The summed E-state index contributed by atoms with van der Waals surface area (Å²) in [6, 6.07) is 7.90. The Morgan fingerprint density at radius 2 is 1.72 bits per heavy atom. The monoisotopic (exact) mass is 259 g/mol. The van der Waals surface area contributed by atoms with Gasteiger partial charge in [-0.15, -0.1) is 11.3 Å². The van der Waals surface area contributed by atoms with Crippen molar-refractivity contribution >= 4 is 22.9 Å². The lowest BCUT2D eigenvalue weighted by molar-refractivity contribution is 0.103. The summed E-state index contributed by atoms with van der Waals surface area (Å²) < 4.78 is 0. The lowest BCUT2D eigenvalue weighted by Crippen LogP contribution is -2.10. The van der Waals surface area contributed by atoms with Crippen LogP contribution in [0.25, 0.3) is 0 Å². The van der Waals surface area contributed by atoms with Gasteiger partial charge < -0.3 is 5.32 Å². The van der Waals surface area contributed by atoms with E-state index in [2.05, 4.69) is 12.2 Å². The Balaban J connectivity index is 2.18. The van der Waals surface area contributed by atoms with E-state index in [9.17, 15) is 4.79 Å². The third kappa shape index (κ3) is 2.62. The zero-order valence-corrected chi connectivity index (χ0v) is 11.9. The standard InChI is InChI=1S/C15H17NOS/c1-9-5-6-13(7-10(9)2)16-15(17)14-8-11(3)12(4)18-14/h5-8H,1-4H3,(H,16,17). The molecule has 2 nitrogen and oxygen atoms in total. The van der Waals surface area contributed by atoms with Gasteiger partial charge >= 0.3 is 0 Å². The molecule has 0 atom stereocenters. The molecule has 0 fully saturated rings. The lowest BCUT2D eigenvalue weighted by Gasteiger charge is -2.06. The minimum Gasteiger partial charge on any atom is -0.321 e. The molecule has 0 spiro atoms. The van der Waals surface area contributed by atoms with Crippen molar-refractivity contribution in [3.63, 3.8) is 0 Å². The first-order valence-electron chi connectivity index (χ1n) is 5.93. The number of rotatable bonds is 2. The Kier molecular flexibility index (Phi) is 3.53. The molecule has 18 heavy (non-hydrogen) atoms. The molecule has 0 unspecified atom stereocenters. The van der Waals surface area contributed by atoms with Crippen molar-refractivity contribution < 1.29 is 4.79 Å². The Labute approximate surface area is 112 Å². The Hall–Kier alpha value is -1.61. The second-order valence-electron chi connectivity index (χ2n) is 4.60. The van der Waals surface area contributed by atoms with Gasteiger partial charge in [0.05, 0.1) is 4.88 Å². The second-order valence-corrected chi connectivity index (χ2v) is 5.86. The highest BCUT2D eigenvalue weighted by Gasteiger charge is 2.10. The molecule has 1 N–H and O–H groups in total. The van der Waals surface area contributed by atoms with Crippen LogP contribution in [0.3, 0.4) is 0 Å². The predicted molar refractivity (Wildman–Crippen MR) is 77.7 cm³/mol. The summed E-state index contributed by atoms with van der Waals surface area (Å²) in [6.45, 7) is 8.17. The molecule has 0 saturated carbocycles. The minimum absolute atomic E-state index is 0.0283. The number of aryl methyl sites for hydroxylation is 4. The third-order valence-corrected chi connectivity index (χ3v) is 4.31. The van der Waals surface area contributed by atoms with Crippen LogP contribution in [0, 0.1) is 27.7 Å². The molecule has 2 aromatic rings. The molecule has 0 aliphatic heterocycles. The SMILES string of the molecule is Cc1ccc(NC(=O)c2cc(C)c(C)s2)cc1C. The molecule has 94 valence electrons. The molecular formula is C15H17NOS. The van der Waals surface area contributed by atoms with E-state index in [4.69, 9.17) is 0 Å². The van der Waals surface area contributed by atoms with Crippen LogP contribution in [-0.4, -0.2) is 5.91 Å². The van der Waals surface area contributed by atoms with Gasteiger partial charge in [-0.2, -0.15) is 0 Å². The summed E-state index contributed by atoms with van der Waals surface area (Å²) in [7, 11) is 0. The number of carbonyl (C=O) groups is 1. The number of thiophene rings is 1. The summed E-state index contributed by atoms with van der Waals surface area (Å²) in [6.07, 6.45) is 0. The number of hydrogen-bond acceptors (Lipinski definition) is 2. The van der Waals surface area contributed by atoms with E-state index in [0.717, 1.165) is 10.6 Å². The minimum atomic E-state index is -0.0283. The number of anilines is 1. The van der Waals surface area contributed by atoms with Gasteiger partial charge in [-0.3, -0.25) is 4.79 Å². The molecule has 0 aliphatic rings. The summed E-state index contributed by atoms with van der Waals surface area (Å²) in [5.41, 5.74) is 4.44. The van der Waals surface area contributed by atoms with Crippen LogP contribution >= 0.6 is 11.3 Å². The van der Waals surface area contributed by atoms with Gasteiger partial charge in [-0.05, 0) is 62.6 Å². The molecule has 0 aliphatic carbocycles. The van der Waals surface area contributed by atoms with E-state index in [0.29, 0.717) is 0 Å². The highest BCUT2D eigenvalue weighted by molar-refractivity contribution is 7.14. The number of benzene rings is 1. The average Bonchev–Trinajstić information content (AvgIpc) is 2.65. The van der Waals surface area contributed by atoms with E-state index >= 15 is 0 Å². The third-order valence-electron chi connectivity index (χ3n) is 3.15. The fraction of sp³-hybridized carbons (Fsp3) is 0.267. The first-order chi connectivity index (χ1) is 8.47. The van der Waals surface area contributed by atoms with E-state index in [1.54, 1.807) is 0 Å². The van der Waals surface area contributed by atoms with Crippen molar-refractivity contribution in [1.29, 1.82) is 0 Å². The maximum atomic E-state index is 12.1. The maximum Gasteiger partial charge on any atom is 0.265 e. The van der Waals surface area contributed by atoms with Crippen molar-refractivity contribution in [2.75, 3.05) is 5.32 Å². The van der Waals surface area contributed by atoms with Crippen molar-refractivity contribution in [3.05, 3.63) is 50.7 Å². The molecule has 1 aromatic heterocycles. The van der Waals surface area contributed by atoms with E-state index < -0.39 is 0 Å². The normalized spacial score (nSPS) is 10.4. The first kappa shape index (κ1) is 12.8. The van der Waals surface area contributed by atoms with Gasteiger partial charge in [0.15, 0.2) is 0 Å². The summed E-state index contributed by atoms with van der Waals surface area (Å²) >= 11 is 1.54. The number of nitrogens with one attached hydrogen (secondary N) is 1. The van der Waals surface area contributed by atoms with Crippen LogP contribution in [0.15, 0.2) is 24.3 Å². The number of carbonyl (C=O) groups excluding carboxylic acids is 1. The van der Waals surface area contributed by atoms with Gasteiger partial charge in [0.2, 0.25) is 0 Å². The highest BCUT2D eigenvalue weighted by atomic mass is 32.1. The van der Waals surface area contributed by atoms with Gasteiger partial charge in [0.25, 0.3) is 5.91 Å². The predicted octanol–water partition coefficient (Wildman–Crippen LogP) is 4.23. The number of amides is 1. The smallest absolute Gasteiger partial charge is 0.265 e. The van der Waals surface area contributed by atoms with Gasteiger partial charge in [0, 0.05) is 10.6 Å². The summed E-state index contributed by atoms with van der Waals surface area (Å²) in [4.78, 5) is 14.0. The molecule has 1 amide bonds. The fourth-order valence-corrected chi connectivity index (χ4v) is 2.63. The van der Waals surface area contributed by atoms with Crippen molar-refractivity contribution in [1.82, 2.24) is 0 Å². The Morgan fingerprint density at radius 1 is 1.00 bits per heavy atom. The topological polar surface area (TPSA) is 29.1 Å². The maximum absolute atomic E-state index is 12.1. The van der Waals surface area contributed by atoms with Crippen LogP contribution < -0.4 is 5.32 Å². The average molecular weight is 259 g/mol. The molecule has 3 heteroatoms. The molecule has 0 saturated heterocycles. The Morgan fingerprint density at radius 3 is 2.28 bits per heavy atom. The summed E-state index contributed by atoms with van der Waals surface area (Å²) in [5, 5.41) is 2.94. The van der Waals surface area contributed by atoms with Crippen molar-refractivity contribution in [2.24, 2.45) is 0 Å². The van der Waals surface area contributed by atoms with Gasteiger partial charge in [-0.25, -0.2) is 0 Å². The van der Waals surface area contributed by atoms with E-state index in [-0.39, 0.29) is 5.91 Å². The van der Waals surface area contributed by atoms with Crippen molar-refractivity contribution in [2.45, 2.75) is 27.7 Å². The zero-order valence-electron chi connectivity index (χ0n) is 11.1. The van der Waals surface area contributed by atoms with Crippen LogP contribution in [0.5, 0.6) is 0 Å². The summed E-state index contributed by atoms with van der Waals surface area (Å²) in [5.74, 6) is -0.0283. The van der Waals surface area contributed by atoms with Crippen LogP contribution in [-0.2, 0) is 0 Å². The highest BCUT2D eigenvalue weighted by Crippen LogP contribution is 2.22. The van der Waals surface area contributed by atoms with Crippen LogP contribution in [0.4, 0.5) is 5.69 Å². The molecule has 1 heterocycles. The van der Waals surface area contributed by atoms with E-state index in [1.807, 2.05) is 45.0 Å². The van der Waals surface area contributed by atoms with Crippen LogP contribution in [0.1, 0.15) is 31.2 Å². The van der Waals surface area contributed by atoms with Crippen molar-refractivity contribution in [3.8, 4) is 0 Å². The quantitative estimate of drug-likeness (QED) is 0.859. The second kappa shape index (κ2) is 4.94. The molecular weight excluding hydrogens is 242 g/mol. The zero-order chi connectivity index (χ0) is 13.3. The molecule has 2 rings (SSSR count). The van der Waals surface area contributed by atoms with Gasteiger partial charge in [-0.1, -0.05) is 6.07 Å². The first-order valence-corrected chi connectivity index (χ1v) is 6.74.